The second-order valence-corrected chi connectivity index (χ2v) is 4.20. The smallest absolute Gasteiger partial charge is 0.119 e. The average molecular weight is 251 g/mol. The van der Waals surface area contributed by atoms with Gasteiger partial charge in [-0.05, 0) is 30.7 Å². The summed E-state index contributed by atoms with van der Waals surface area (Å²) in [5, 5.41) is 0. The molecule has 0 aliphatic heterocycles. The standard InChI is InChI=1S/C15H19ClO/c1-2-3-6-13-17-15-10-8-14(9-11-15)7-4-5-12-16/h8-11H,2-3,5-6,12-13H2,1H3. The zero-order chi connectivity index (χ0) is 12.3. The number of ether oxygens (including phenoxy) is 1. The molecule has 0 aliphatic rings. The first kappa shape index (κ1) is 13.9. The molecule has 0 heterocycles. The van der Waals surface area contributed by atoms with Crippen molar-refractivity contribution in [3.8, 4) is 17.6 Å². The highest BCUT2D eigenvalue weighted by Gasteiger charge is 1.93. The van der Waals surface area contributed by atoms with Crippen molar-refractivity contribution in [2.45, 2.75) is 32.6 Å². The fourth-order valence-electron chi connectivity index (χ4n) is 1.39. The summed E-state index contributed by atoms with van der Waals surface area (Å²) in [5.41, 5.74) is 1.01. The van der Waals surface area contributed by atoms with Gasteiger partial charge in [0.15, 0.2) is 0 Å². The maximum absolute atomic E-state index is 5.62. The molecular weight excluding hydrogens is 232 g/mol. The average Bonchev–Trinajstić information content (AvgIpc) is 2.37. The van der Waals surface area contributed by atoms with Gasteiger partial charge in [-0.3, -0.25) is 0 Å². The summed E-state index contributed by atoms with van der Waals surface area (Å²) in [6, 6.07) is 7.90. The van der Waals surface area contributed by atoms with Gasteiger partial charge in [0.05, 0.1) is 6.61 Å². The van der Waals surface area contributed by atoms with Crippen LogP contribution < -0.4 is 4.74 Å². The first-order valence-electron chi connectivity index (χ1n) is 6.14. The molecule has 1 aromatic rings. The maximum atomic E-state index is 5.62. The van der Waals surface area contributed by atoms with Crippen molar-refractivity contribution in [2.75, 3.05) is 12.5 Å². The van der Waals surface area contributed by atoms with Crippen LogP contribution in [0.4, 0.5) is 0 Å². The van der Waals surface area contributed by atoms with E-state index in [-0.39, 0.29) is 0 Å². The maximum Gasteiger partial charge on any atom is 0.119 e. The van der Waals surface area contributed by atoms with Crippen molar-refractivity contribution in [2.24, 2.45) is 0 Å². The highest BCUT2D eigenvalue weighted by atomic mass is 35.5. The van der Waals surface area contributed by atoms with E-state index >= 15 is 0 Å². The summed E-state index contributed by atoms with van der Waals surface area (Å²) in [7, 11) is 0. The normalized spacial score (nSPS) is 9.53. The lowest BCUT2D eigenvalue weighted by molar-refractivity contribution is 0.306. The molecule has 2 heteroatoms. The molecule has 1 aromatic carbocycles. The molecule has 0 aliphatic carbocycles. The molecule has 0 atom stereocenters. The van der Waals surface area contributed by atoms with Gasteiger partial charge in [-0.15, -0.1) is 11.6 Å². The molecule has 1 rings (SSSR count). The fraction of sp³-hybridized carbons (Fsp3) is 0.467. The molecule has 0 fully saturated rings. The Hall–Kier alpha value is -1.13. The van der Waals surface area contributed by atoms with Gasteiger partial charge in [-0.2, -0.15) is 0 Å². The topological polar surface area (TPSA) is 9.23 Å². The number of rotatable bonds is 6. The van der Waals surface area contributed by atoms with Crippen molar-refractivity contribution in [3.63, 3.8) is 0 Å². The van der Waals surface area contributed by atoms with Crippen molar-refractivity contribution in [1.82, 2.24) is 0 Å². The summed E-state index contributed by atoms with van der Waals surface area (Å²) >= 11 is 5.55. The largest absolute Gasteiger partial charge is 0.494 e. The second kappa shape index (κ2) is 8.96. The SMILES string of the molecule is CCCCCOc1ccc(C#CCCCl)cc1. The van der Waals surface area contributed by atoms with Gasteiger partial charge < -0.3 is 4.74 Å². The predicted molar refractivity (Wildman–Crippen MR) is 73.7 cm³/mol. The van der Waals surface area contributed by atoms with E-state index in [1.807, 2.05) is 24.3 Å². The molecule has 17 heavy (non-hydrogen) atoms. The van der Waals surface area contributed by atoms with Gasteiger partial charge in [0, 0.05) is 17.9 Å². The van der Waals surface area contributed by atoms with E-state index in [1.54, 1.807) is 0 Å². The fourth-order valence-corrected chi connectivity index (χ4v) is 1.48. The van der Waals surface area contributed by atoms with Crippen molar-refractivity contribution in [1.29, 1.82) is 0 Å². The Morgan fingerprint density at radius 2 is 1.94 bits per heavy atom. The monoisotopic (exact) mass is 250 g/mol. The lowest BCUT2D eigenvalue weighted by atomic mass is 10.2. The Bertz CT molecular complexity index is 359. The highest BCUT2D eigenvalue weighted by molar-refractivity contribution is 6.18. The number of alkyl halides is 1. The van der Waals surface area contributed by atoms with Crippen LogP contribution in [-0.2, 0) is 0 Å². The molecule has 1 nitrogen and oxygen atoms in total. The van der Waals surface area contributed by atoms with Crippen molar-refractivity contribution >= 4 is 11.6 Å². The number of unbranched alkanes of at least 4 members (excludes halogenated alkanes) is 2. The second-order valence-electron chi connectivity index (χ2n) is 3.82. The van der Waals surface area contributed by atoms with Crippen LogP contribution in [0.5, 0.6) is 5.75 Å². The molecule has 92 valence electrons. The molecule has 0 bridgehead atoms. The molecule has 0 N–H and O–H groups in total. The molecule has 0 spiro atoms. The molecule has 0 saturated heterocycles. The number of hydrogen-bond acceptors (Lipinski definition) is 1. The van der Waals surface area contributed by atoms with Gasteiger partial charge in [0.25, 0.3) is 0 Å². The zero-order valence-corrected chi connectivity index (χ0v) is 11.1. The Kier molecular flexibility index (Phi) is 7.34. The van der Waals surface area contributed by atoms with Crippen LogP contribution in [0, 0.1) is 11.8 Å². The summed E-state index contributed by atoms with van der Waals surface area (Å²) < 4.78 is 5.62. The third-order valence-corrected chi connectivity index (χ3v) is 2.51. The Labute approximate surface area is 109 Å². The van der Waals surface area contributed by atoms with Crippen molar-refractivity contribution < 1.29 is 4.74 Å². The van der Waals surface area contributed by atoms with Gasteiger partial charge in [0.2, 0.25) is 0 Å². The lowest BCUT2D eigenvalue weighted by Gasteiger charge is -2.05. The van der Waals surface area contributed by atoms with E-state index in [0.29, 0.717) is 5.88 Å². The third-order valence-electron chi connectivity index (χ3n) is 2.32. The van der Waals surface area contributed by atoms with E-state index in [0.717, 1.165) is 30.8 Å². The van der Waals surface area contributed by atoms with Gasteiger partial charge in [-0.1, -0.05) is 31.6 Å². The molecule has 0 saturated carbocycles. The van der Waals surface area contributed by atoms with Gasteiger partial charge in [-0.25, -0.2) is 0 Å². The summed E-state index contributed by atoms with van der Waals surface area (Å²) in [5.74, 6) is 7.58. The van der Waals surface area contributed by atoms with Crippen LogP contribution >= 0.6 is 11.6 Å². The quantitative estimate of drug-likeness (QED) is 0.417. The minimum Gasteiger partial charge on any atom is -0.494 e. The molecule has 0 amide bonds. The van der Waals surface area contributed by atoms with Crippen molar-refractivity contribution in [3.05, 3.63) is 29.8 Å². The lowest BCUT2D eigenvalue weighted by Crippen LogP contribution is -1.96. The molecule has 0 radical (unpaired) electrons. The highest BCUT2D eigenvalue weighted by Crippen LogP contribution is 2.12. The minimum atomic E-state index is 0.589. The summed E-state index contributed by atoms with van der Waals surface area (Å²) in [6.45, 7) is 2.99. The van der Waals surface area contributed by atoms with E-state index in [1.165, 1.54) is 12.8 Å². The van der Waals surface area contributed by atoms with E-state index in [4.69, 9.17) is 16.3 Å². The van der Waals surface area contributed by atoms with Crippen LogP contribution in [0.25, 0.3) is 0 Å². The zero-order valence-electron chi connectivity index (χ0n) is 10.3. The molecule has 0 unspecified atom stereocenters. The van der Waals surface area contributed by atoms with Gasteiger partial charge >= 0.3 is 0 Å². The molecule has 0 aromatic heterocycles. The van der Waals surface area contributed by atoms with Crippen LogP contribution in [0.3, 0.4) is 0 Å². The van der Waals surface area contributed by atoms with Gasteiger partial charge in [0.1, 0.15) is 5.75 Å². The summed E-state index contributed by atoms with van der Waals surface area (Å²) in [6.07, 6.45) is 4.30. The van der Waals surface area contributed by atoms with E-state index in [9.17, 15) is 0 Å². The number of halogens is 1. The Morgan fingerprint density at radius 1 is 1.18 bits per heavy atom. The first-order valence-corrected chi connectivity index (χ1v) is 6.68. The Balaban J connectivity index is 2.37. The third kappa shape index (κ3) is 6.24. The number of benzene rings is 1. The van der Waals surface area contributed by atoms with Crippen LogP contribution in [0.1, 0.15) is 38.2 Å². The summed E-state index contributed by atoms with van der Waals surface area (Å²) in [4.78, 5) is 0. The van der Waals surface area contributed by atoms with Crippen LogP contribution in [0.2, 0.25) is 0 Å². The minimum absolute atomic E-state index is 0.589. The Morgan fingerprint density at radius 3 is 2.59 bits per heavy atom. The van der Waals surface area contributed by atoms with Crippen LogP contribution in [-0.4, -0.2) is 12.5 Å². The predicted octanol–water partition coefficient (Wildman–Crippen LogP) is 4.24. The number of hydrogen-bond donors (Lipinski definition) is 0. The van der Waals surface area contributed by atoms with Crippen LogP contribution in [0.15, 0.2) is 24.3 Å². The first-order chi connectivity index (χ1) is 8.36. The van der Waals surface area contributed by atoms with E-state index < -0.39 is 0 Å². The van der Waals surface area contributed by atoms with E-state index in [2.05, 4.69) is 18.8 Å². The molecular formula is C15H19ClO.